The Kier molecular flexibility index (Phi) is 6.42. The predicted molar refractivity (Wildman–Crippen MR) is 94.4 cm³/mol. The molecular formula is C18H25F4N3O3. The molecule has 1 aromatic rings. The van der Waals surface area contributed by atoms with E-state index in [4.69, 9.17) is 4.74 Å². The summed E-state index contributed by atoms with van der Waals surface area (Å²) in [6, 6.07) is -0.123. The molecule has 0 aromatic carbocycles. The maximum Gasteiger partial charge on any atom is 0.417 e. The maximum atomic E-state index is 14.4. The van der Waals surface area contributed by atoms with Gasteiger partial charge in [-0.3, -0.25) is 0 Å². The highest BCUT2D eigenvalue weighted by Crippen LogP contribution is 2.32. The third kappa shape index (κ3) is 5.70. The second-order valence-electron chi connectivity index (χ2n) is 7.89. The Morgan fingerprint density at radius 3 is 2.50 bits per heavy atom. The van der Waals surface area contributed by atoms with Crippen LogP contribution in [-0.4, -0.2) is 58.5 Å². The lowest BCUT2D eigenvalue weighted by atomic mass is 10.0. The van der Waals surface area contributed by atoms with Gasteiger partial charge in [0.05, 0.1) is 17.7 Å². The molecule has 1 N–H and O–H groups in total. The SMILES string of the molecule is CC(O)CC1CN(C(=O)OC(C)(C)C)CCN1c1ncc(C(F)(F)F)cc1F. The fourth-order valence-electron chi connectivity index (χ4n) is 3.02. The van der Waals surface area contributed by atoms with Crippen LogP contribution in [0.1, 0.15) is 39.7 Å². The van der Waals surface area contributed by atoms with E-state index in [0.717, 1.165) is 0 Å². The number of piperazine rings is 1. The summed E-state index contributed by atoms with van der Waals surface area (Å²) < 4.78 is 58.0. The molecule has 10 heteroatoms. The summed E-state index contributed by atoms with van der Waals surface area (Å²) in [6.07, 6.45) is -5.23. The van der Waals surface area contributed by atoms with Crippen LogP contribution in [0.2, 0.25) is 0 Å². The third-order valence-electron chi connectivity index (χ3n) is 4.17. The van der Waals surface area contributed by atoms with Gasteiger partial charge in [0.1, 0.15) is 5.60 Å². The molecule has 2 heterocycles. The number of aliphatic hydroxyl groups excluding tert-OH is 1. The Balaban J connectivity index is 2.24. The number of amides is 1. The Bertz CT molecular complexity index is 704. The highest BCUT2D eigenvalue weighted by atomic mass is 19.4. The Hall–Kier alpha value is -2.10. The van der Waals surface area contributed by atoms with Crippen LogP contribution >= 0.6 is 0 Å². The molecule has 158 valence electrons. The standard InChI is InChI=1S/C18H25F4N3O3/c1-11(26)7-13-10-24(16(27)28-17(2,3)4)5-6-25(13)15-14(19)8-12(9-23-15)18(20,21)22/h8-9,11,13,26H,5-7,10H2,1-4H3. The van der Waals surface area contributed by atoms with Crippen LogP contribution in [-0.2, 0) is 10.9 Å². The van der Waals surface area contributed by atoms with Crippen molar-refractivity contribution in [2.24, 2.45) is 0 Å². The van der Waals surface area contributed by atoms with Crippen LogP contribution in [0.5, 0.6) is 0 Å². The first-order valence-electron chi connectivity index (χ1n) is 8.93. The molecule has 1 fully saturated rings. The fourth-order valence-corrected chi connectivity index (χ4v) is 3.02. The number of carbonyl (C=O) groups excluding carboxylic acids is 1. The third-order valence-corrected chi connectivity index (χ3v) is 4.17. The minimum Gasteiger partial charge on any atom is -0.444 e. The number of aromatic nitrogens is 1. The molecule has 6 nitrogen and oxygen atoms in total. The van der Waals surface area contributed by atoms with E-state index in [0.29, 0.717) is 12.3 Å². The van der Waals surface area contributed by atoms with E-state index in [2.05, 4.69) is 4.98 Å². The minimum atomic E-state index is -4.69. The summed E-state index contributed by atoms with van der Waals surface area (Å²) in [7, 11) is 0. The van der Waals surface area contributed by atoms with Crippen molar-refractivity contribution in [1.29, 1.82) is 0 Å². The zero-order chi connectivity index (χ0) is 21.3. The first kappa shape index (κ1) is 22.2. The molecule has 0 spiro atoms. The number of aliphatic hydroxyl groups is 1. The molecule has 2 atom stereocenters. The van der Waals surface area contributed by atoms with Crippen molar-refractivity contribution in [3.8, 4) is 0 Å². The van der Waals surface area contributed by atoms with Crippen molar-refractivity contribution in [2.75, 3.05) is 24.5 Å². The molecule has 1 amide bonds. The number of nitrogens with zero attached hydrogens (tertiary/aromatic N) is 3. The van der Waals surface area contributed by atoms with Crippen LogP contribution in [0.25, 0.3) is 0 Å². The summed E-state index contributed by atoms with van der Waals surface area (Å²) in [5, 5.41) is 9.78. The quantitative estimate of drug-likeness (QED) is 0.778. The largest absolute Gasteiger partial charge is 0.444 e. The van der Waals surface area contributed by atoms with Gasteiger partial charge in [-0.2, -0.15) is 13.2 Å². The lowest BCUT2D eigenvalue weighted by Crippen LogP contribution is -2.56. The van der Waals surface area contributed by atoms with E-state index in [1.807, 2.05) is 0 Å². The van der Waals surface area contributed by atoms with Crippen molar-refractivity contribution in [3.63, 3.8) is 0 Å². The molecule has 28 heavy (non-hydrogen) atoms. The Morgan fingerprint density at radius 2 is 2.00 bits per heavy atom. The van der Waals surface area contributed by atoms with Gasteiger partial charge in [0, 0.05) is 25.8 Å². The van der Waals surface area contributed by atoms with Crippen LogP contribution in [0.4, 0.5) is 28.2 Å². The van der Waals surface area contributed by atoms with Crippen LogP contribution in [0.15, 0.2) is 12.3 Å². The number of halogens is 4. The molecule has 0 aliphatic carbocycles. The van der Waals surface area contributed by atoms with Gasteiger partial charge >= 0.3 is 12.3 Å². The van der Waals surface area contributed by atoms with E-state index in [-0.39, 0.29) is 31.9 Å². The molecule has 1 aliphatic rings. The van der Waals surface area contributed by atoms with E-state index < -0.39 is 41.4 Å². The Labute approximate surface area is 161 Å². The number of hydrogen-bond donors (Lipinski definition) is 1. The molecule has 1 saturated heterocycles. The van der Waals surface area contributed by atoms with Gasteiger partial charge < -0.3 is 19.6 Å². The number of alkyl halides is 3. The summed E-state index contributed by atoms with van der Waals surface area (Å²) >= 11 is 0. The molecule has 1 aromatic heterocycles. The summed E-state index contributed by atoms with van der Waals surface area (Å²) in [4.78, 5) is 18.9. The van der Waals surface area contributed by atoms with Crippen molar-refractivity contribution < 1.29 is 32.2 Å². The monoisotopic (exact) mass is 407 g/mol. The van der Waals surface area contributed by atoms with Gasteiger partial charge in [0.25, 0.3) is 0 Å². The number of pyridine rings is 1. The molecule has 1 aliphatic heterocycles. The van der Waals surface area contributed by atoms with Crippen LogP contribution < -0.4 is 4.90 Å². The number of anilines is 1. The number of carbonyl (C=O) groups is 1. The minimum absolute atomic E-state index is 0.127. The van der Waals surface area contributed by atoms with E-state index in [1.165, 1.54) is 9.80 Å². The van der Waals surface area contributed by atoms with Gasteiger partial charge in [-0.15, -0.1) is 0 Å². The topological polar surface area (TPSA) is 65.9 Å². The number of ether oxygens (including phenoxy) is 1. The maximum absolute atomic E-state index is 14.4. The first-order valence-corrected chi connectivity index (χ1v) is 8.93. The summed E-state index contributed by atoms with van der Waals surface area (Å²) in [6.45, 7) is 7.20. The smallest absolute Gasteiger partial charge is 0.417 e. The highest BCUT2D eigenvalue weighted by molar-refractivity contribution is 5.68. The van der Waals surface area contributed by atoms with Gasteiger partial charge in [-0.25, -0.2) is 14.2 Å². The van der Waals surface area contributed by atoms with Gasteiger partial charge in [-0.1, -0.05) is 0 Å². The first-order chi connectivity index (χ1) is 12.8. The lowest BCUT2D eigenvalue weighted by Gasteiger charge is -2.42. The van der Waals surface area contributed by atoms with Gasteiger partial charge in [-0.05, 0) is 40.2 Å². The second-order valence-corrected chi connectivity index (χ2v) is 7.89. The zero-order valence-electron chi connectivity index (χ0n) is 16.3. The normalized spacial score (nSPS) is 19.5. The average Bonchev–Trinajstić information content (AvgIpc) is 2.52. The highest BCUT2D eigenvalue weighted by Gasteiger charge is 2.36. The van der Waals surface area contributed by atoms with Crippen molar-refractivity contribution in [3.05, 3.63) is 23.6 Å². The Morgan fingerprint density at radius 1 is 1.36 bits per heavy atom. The predicted octanol–water partition coefficient (Wildman–Crippen LogP) is 3.44. The zero-order valence-corrected chi connectivity index (χ0v) is 16.3. The average molecular weight is 407 g/mol. The van der Waals surface area contributed by atoms with Crippen LogP contribution in [0, 0.1) is 5.82 Å². The van der Waals surface area contributed by atoms with E-state index >= 15 is 0 Å². The molecular weight excluding hydrogens is 382 g/mol. The van der Waals surface area contributed by atoms with Gasteiger partial charge in [0.2, 0.25) is 0 Å². The second kappa shape index (κ2) is 8.10. The molecule has 0 radical (unpaired) electrons. The van der Waals surface area contributed by atoms with E-state index in [1.54, 1.807) is 27.7 Å². The van der Waals surface area contributed by atoms with Crippen molar-refractivity contribution >= 4 is 11.9 Å². The van der Waals surface area contributed by atoms with Crippen molar-refractivity contribution in [1.82, 2.24) is 9.88 Å². The van der Waals surface area contributed by atoms with E-state index in [9.17, 15) is 27.5 Å². The number of rotatable bonds is 3. The molecule has 2 rings (SSSR count). The molecule has 2 unspecified atom stereocenters. The summed E-state index contributed by atoms with van der Waals surface area (Å²) in [5.74, 6) is -1.33. The van der Waals surface area contributed by atoms with Crippen LogP contribution in [0.3, 0.4) is 0 Å². The number of hydrogen-bond acceptors (Lipinski definition) is 5. The molecule has 0 bridgehead atoms. The molecule has 0 saturated carbocycles. The lowest BCUT2D eigenvalue weighted by molar-refractivity contribution is -0.138. The van der Waals surface area contributed by atoms with Gasteiger partial charge in [0.15, 0.2) is 11.6 Å². The fraction of sp³-hybridized carbons (Fsp3) is 0.667. The summed E-state index contributed by atoms with van der Waals surface area (Å²) in [5.41, 5.74) is -1.86. The van der Waals surface area contributed by atoms with Crippen molar-refractivity contribution in [2.45, 2.75) is 58.0 Å².